The minimum absolute atomic E-state index is 0.00850. The zero-order valence-corrected chi connectivity index (χ0v) is 10.5. The number of rotatable bonds is 3. The van der Waals surface area contributed by atoms with Crippen molar-refractivity contribution < 1.29 is 8.78 Å². The molecule has 0 N–H and O–H groups in total. The summed E-state index contributed by atoms with van der Waals surface area (Å²) in [6.45, 7) is 4.10. The third-order valence-corrected chi connectivity index (χ3v) is 4.59. The molecule has 1 aliphatic rings. The fraction of sp³-hybridized carbons (Fsp3) is 1.00. The Morgan fingerprint density at radius 1 is 1.36 bits per heavy atom. The highest BCUT2D eigenvalue weighted by atomic mass is 79.9. The molecule has 0 aliphatic heterocycles. The van der Waals surface area contributed by atoms with Crippen LogP contribution < -0.4 is 0 Å². The van der Waals surface area contributed by atoms with Crippen LogP contribution in [-0.2, 0) is 0 Å². The molecule has 1 fully saturated rings. The molecular weight excluding hydrogens is 250 g/mol. The topological polar surface area (TPSA) is 0 Å². The maximum absolute atomic E-state index is 13.5. The average molecular weight is 269 g/mol. The first-order valence-electron chi connectivity index (χ1n) is 5.31. The van der Waals surface area contributed by atoms with Gasteiger partial charge in [-0.1, -0.05) is 36.2 Å². The van der Waals surface area contributed by atoms with E-state index in [9.17, 15) is 8.78 Å². The van der Waals surface area contributed by atoms with Gasteiger partial charge in [0.1, 0.15) is 0 Å². The van der Waals surface area contributed by atoms with Gasteiger partial charge in [0.15, 0.2) is 0 Å². The standard InChI is InChI=1S/C11H19BrF2/c1-10(2,8-12)7-9-5-3-4-6-11(9,13)14/h9H,3-8H2,1-2H3. The third kappa shape index (κ3) is 3.18. The zero-order valence-electron chi connectivity index (χ0n) is 8.95. The van der Waals surface area contributed by atoms with Crippen molar-refractivity contribution in [3.05, 3.63) is 0 Å². The van der Waals surface area contributed by atoms with Crippen molar-refractivity contribution in [2.45, 2.75) is 51.9 Å². The summed E-state index contributed by atoms with van der Waals surface area (Å²) in [6.07, 6.45) is 3.08. The van der Waals surface area contributed by atoms with E-state index in [1.165, 1.54) is 0 Å². The average Bonchev–Trinajstić information content (AvgIpc) is 2.09. The quantitative estimate of drug-likeness (QED) is 0.655. The van der Waals surface area contributed by atoms with Crippen LogP contribution in [-0.4, -0.2) is 11.3 Å². The lowest BCUT2D eigenvalue weighted by atomic mass is 9.75. The maximum Gasteiger partial charge on any atom is 0.250 e. The summed E-state index contributed by atoms with van der Waals surface area (Å²) in [7, 11) is 0. The Morgan fingerprint density at radius 3 is 2.50 bits per heavy atom. The summed E-state index contributed by atoms with van der Waals surface area (Å²) in [5, 5.41) is 0.798. The van der Waals surface area contributed by atoms with E-state index in [4.69, 9.17) is 0 Å². The first-order valence-corrected chi connectivity index (χ1v) is 6.43. The van der Waals surface area contributed by atoms with Gasteiger partial charge in [0.2, 0.25) is 0 Å². The molecule has 1 atom stereocenters. The molecule has 1 saturated carbocycles. The fourth-order valence-corrected chi connectivity index (χ4v) is 2.37. The van der Waals surface area contributed by atoms with Crippen molar-refractivity contribution in [2.24, 2.45) is 11.3 Å². The second kappa shape index (κ2) is 4.46. The molecule has 14 heavy (non-hydrogen) atoms. The lowest BCUT2D eigenvalue weighted by Gasteiger charge is -2.36. The molecule has 0 radical (unpaired) electrons. The number of hydrogen-bond donors (Lipinski definition) is 0. The summed E-state index contributed by atoms with van der Waals surface area (Å²) in [4.78, 5) is 0. The zero-order chi connectivity index (χ0) is 10.8. The third-order valence-electron chi connectivity index (χ3n) is 3.07. The molecule has 0 bridgehead atoms. The molecule has 84 valence electrons. The molecule has 0 nitrogen and oxygen atoms in total. The SMILES string of the molecule is CC(C)(CBr)CC1CCCCC1(F)F. The molecule has 0 aromatic rings. The predicted molar refractivity (Wildman–Crippen MR) is 59.1 cm³/mol. The minimum Gasteiger partial charge on any atom is -0.207 e. The Balaban J connectivity index is 2.58. The van der Waals surface area contributed by atoms with Gasteiger partial charge in [0.05, 0.1) is 0 Å². The molecule has 0 amide bonds. The molecule has 0 heterocycles. The van der Waals surface area contributed by atoms with E-state index in [1.807, 2.05) is 13.8 Å². The Labute approximate surface area is 93.6 Å². The monoisotopic (exact) mass is 268 g/mol. The van der Waals surface area contributed by atoms with Crippen LogP contribution >= 0.6 is 15.9 Å². The van der Waals surface area contributed by atoms with Gasteiger partial charge >= 0.3 is 0 Å². The van der Waals surface area contributed by atoms with E-state index < -0.39 is 11.8 Å². The molecule has 0 spiro atoms. The van der Waals surface area contributed by atoms with Crippen LogP contribution in [0.1, 0.15) is 46.0 Å². The Morgan fingerprint density at radius 2 is 2.00 bits per heavy atom. The van der Waals surface area contributed by atoms with Crippen molar-refractivity contribution in [1.29, 1.82) is 0 Å². The van der Waals surface area contributed by atoms with E-state index in [0.29, 0.717) is 19.3 Å². The van der Waals surface area contributed by atoms with Crippen LogP contribution in [0.15, 0.2) is 0 Å². The highest BCUT2D eigenvalue weighted by molar-refractivity contribution is 9.09. The lowest BCUT2D eigenvalue weighted by Crippen LogP contribution is -2.35. The van der Waals surface area contributed by atoms with E-state index in [1.54, 1.807) is 0 Å². The summed E-state index contributed by atoms with van der Waals surface area (Å²) in [5.74, 6) is -2.82. The Bertz CT molecular complexity index is 190. The molecule has 3 heteroatoms. The van der Waals surface area contributed by atoms with Gasteiger partial charge < -0.3 is 0 Å². The van der Waals surface area contributed by atoms with Crippen LogP contribution in [0.5, 0.6) is 0 Å². The molecule has 0 aromatic carbocycles. The number of hydrogen-bond acceptors (Lipinski definition) is 0. The van der Waals surface area contributed by atoms with E-state index in [2.05, 4.69) is 15.9 Å². The molecule has 0 aromatic heterocycles. The van der Waals surface area contributed by atoms with Gasteiger partial charge in [-0.2, -0.15) is 0 Å². The van der Waals surface area contributed by atoms with Gasteiger partial charge in [0.25, 0.3) is 5.92 Å². The normalized spacial score (nSPS) is 27.6. The second-order valence-corrected chi connectivity index (χ2v) is 5.77. The van der Waals surface area contributed by atoms with E-state index in [0.717, 1.165) is 11.8 Å². The van der Waals surface area contributed by atoms with Crippen LogP contribution in [0.2, 0.25) is 0 Å². The highest BCUT2D eigenvalue weighted by Crippen LogP contribution is 2.44. The van der Waals surface area contributed by atoms with Gasteiger partial charge in [-0.3, -0.25) is 0 Å². The molecule has 0 saturated heterocycles. The summed E-state index contributed by atoms with van der Waals surface area (Å²) < 4.78 is 27.0. The predicted octanol–water partition coefficient (Wildman–Crippen LogP) is 4.62. The maximum atomic E-state index is 13.5. The van der Waals surface area contributed by atoms with Crippen LogP contribution in [0, 0.1) is 11.3 Å². The van der Waals surface area contributed by atoms with Crippen molar-refractivity contribution in [3.63, 3.8) is 0 Å². The number of halogens is 3. The molecule has 1 aliphatic carbocycles. The van der Waals surface area contributed by atoms with E-state index >= 15 is 0 Å². The highest BCUT2D eigenvalue weighted by Gasteiger charge is 2.43. The van der Waals surface area contributed by atoms with Crippen molar-refractivity contribution in [3.8, 4) is 0 Å². The molecule has 1 rings (SSSR count). The lowest BCUT2D eigenvalue weighted by molar-refractivity contribution is -0.0967. The van der Waals surface area contributed by atoms with Crippen molar-refractivity contribution in [2.75, 3.05) is 5.33 Å². The Hall–Kier alpha value is 0.340. The van der Waals surface area contributed by atoms with Crippen molar-refractivity contribution >= 4 is 15.9 Å². The second-order valence-electron chi connectivity index (χ2n) is 5.21. The van der Waals surface area contributed by atoms with Gasteiger partial charge in [-0.05, 0) is 24.7 Å². The Kier molecular flexibility index (Phi) is 3.95. The summed E-state index contributed by atoms with van der Waals surface area (Å²) in [5.41, 5.74) is -0.00850. The summed E-state index contributed by atoms with van der Waals surface area (Å²) in [6, 6.07) is 0. The minimum atomic E-state index is -2.42. The largest absolute Gasteiger partial charge is 0.250 e. The molecular formula is C11H19BrF2. The molecule has 1 unspecified atom stereocenters. The van der Waals surface area contributed by atoms with E-state index in [-0.39, 0.29) is 11.8 Å². The van der Waals surface area contributed by atoms with Gasteiger partial charge in [-0.25, -0.2) is 8.78 Å². The first kappa shape index (κ1) is 12.4. The fourth-order valence-electron chi connectivity index (χ4n) is 2.14. The smallest absolute Gasteiger partial charge is 0.207 e. The van der Waals surface area contributed by atoms with Crippen molar-refractivity contribution in [1.82, 2.24) is 0 Å². The first-order chi connectivity index (χ1) is 6.37. The van der Waals surface area contributed by atoms with Gasteiger partial charge in [-0.15, -0.1) is 0 Å². The number of alkyl halides is 3. The van der Waals surface area contributed by atoms with Crippen LogP contribution in [0.4, 0.5) is 8.78 Å². The van der Waals surface area contributed by atoms with Gasteiger partial charge in [0, 0.05) is 17.7 Å². The van der Waals surface area contributed by atoms with Crippen LogP contribution in [0.3, 0.4) is 0 Å². The van der Waals surface area contributed by atoms with Crippen LogP contribution in [0.25, 0.3) is 0 Å². The summed E-state index contributed by atoms with van der Waals surface area (Å²) >= 11 is 3.39.